The number of carbonyl (C=O) groups is 1. The van der Waals surface area contributed by atoms with E-state index in [2.05, 4.69) is 29.4 Å². The molecule has 1 aromatic heterocycles. The topological polar surface area (TPSA) is 51.2 Å². The Balaban J connectivity index is 2.13. The molecule has 0 aliphatic heterocycles. The van der Waals surface area contributed by atoms with Crippen LogP contribution in [0, 0.1) is 19.8 Å². The second kappa shape index (κ2) is 6.79. The van der Waals surface area contributed by atoms with E-state index in [1.54, 1.807) is 11.8 Å². The summed E-state index contributed by atoms with van der Waals surface area (Å²) >= 11 is 1.63. The molecule has 1 fully saturated rings. The van der Waals surface area contributed by atoms with Crippen LogP contribution >= 0.6 is 11.8 Å². The molecule has 1 aliphatic rings. The van der Waals surface area contributed by atoms with E-state index in [-0.39, 0.29) is 5.97 Å². The molecule has 0 saturated heterocycles. The van der Waals surface area contributed by atoms with Crippen LogP contribution in [-0.2, 0) is 9.53 Å². The van der Waals surface area contributed by atoms with Crippen molar-refractivity contribution in [2.24, 2.45) is 5.92 Å². The summed E-state index contributed by atoms with van der Waals surface area (Å²) in [5.74, 6) is 0.898. The number of nitrogens with one attached hydrogen (secondary N) is 1. The van der Waals surface area contributed by atoms with Crippen molar-refractivity contribution >= 4 is 17.7 Å². The van der Waals surface area contributed by atoms with Gasteiger partial charge in [-0.1, -0.05) is 0 Å². The van der Waals surface area contributed by atoms with Gasteiger partial charge in [-0.2, -0.15) is 0 Å². The van der Waals surface area contributed by atoms with Crippen molar-refractivity contribution in [2.75, 3.05) is 19.4 Å². The number of carbonyl (C=O) groups excluding carboxylic acids is 1. The summed E-state index contributed by atoms with van der Waals surface area (Å²) in [5, 5.41) is 4.21. The van der Waals surface area contributed by atoms with Gasteiger partial charge in [0.2, 0.25) is 0 Å². The quantitative estimate of drug-likeness (QED) is 0.620. The van der Waals surface area contributed by atoms with Crippen LogP contribution in [0.5, 0.6) is 0 Å². The maximum Gasteiger partial charge on any atom is 0.327 e. The van der Waals surface area contributed by atoms with Crippen molar-refractivity contribution in [3.8, 4) is 0 Å². The van der Waals surface area contributed by atoms with Crippen molar-refractivity contribution < 1.29 is 9.53 Å². The zero-order chi connectivity index (χ0) is 15.5. The van der Waals surface area contributed by atoms with E-state index in [4.69, 9.17) is 4.74 Å². The van der Waals surface area contributed by atoms with Gasteiger partial charge in [0, 0.05) is 11.4 Å². The van der Waals surface area contributed by atoms with Crippen LogP contribution in [0.4, 0.5) is 0 Å². The molecule has 5 heteroatoms. The van der Waals surface area contributed by atoms with Crippen LogP contribution < -0.4 is 5.32 Å². The van der Waals surface area contributed by atoms with Gasteiger partial charge < -0.3 is 10.1 Å². The third-order valence-electron chi connectivity index (χ3n) is 3.88. The molecule has 0 radical (unpaired) electrons. The van der Waals surface area contributed by atoms with Crippen molar-refractivity contribution in [2.45, 2.75) is 44.2 Å². The van der Waals surface area contributed by atoms with Crippen molar-refractivity contribution in [1.29, 1.82) is 0 Å². The maximum atomic E-state index is 12.4. The SMILES string of the molecule is CCOC(=O)C(CSc1cc(C)cc(C)n1)(NC)C1CC1. The largest absolute Gasteiger partial charge is 0.465 e. The van der Waals surface area contributed by atoms with E-state index >= 15 is 0 Å². The molecule has 0 aromatic carbocycles. The van der Waals surface area contributed by atoms with E-state index < -0.39 is 5.54 Å². The summed E-state index contributed by atoms with van der Waals surface area (Å²) in [4.78, 5) is 17.0. The highest BCUT2D eigenvalue weighted by Crippen LogP contribution is 2.42. The van der Waals surface area contributed by atoms with Gasteiger partial charge in [0.25, 0.3) is 0 Å². The lowest BCUT2D eigenvalue weighted by atomic mass is 9.96. The van der Waals surface area contributed by atoms with Crippen molar-refractivity contribution in [1.82, 2.24) is 10.3 Å². The fraction of sp³-hybridized carbons (Fsp3) is 0.625. The van der Waals surface area contributed by atoms with Gasteiger partial charge in [-0.15, -0.1) is 11.8 Å². The Labute approximate surface area is 131 Å². The zero-order valence-electron chi connectivity index (χ0n) is 13.2. The summed E-state index contributed by atoms with van der Waals surface area (Å²) in [6, 6.07) is 4.12. The first-order chi connectivity index (χ1) is 10.0. The van der Waals surface area contributed by atoms with Crippen LogP contribution in [0.2, 0.25) is 0 Å². The first-order valence-electron chi connectivity index (χ1n) is 7.46. The zero-order valence-corrected chi connectivity index (χ0v) is 14.0. The number of esters is 1. The predicted molar refractivity (Wildman–Crippen MR) is 85.6 cm³/mol. The Morgan fingerprint density at radius 2 is 2.19 bits per heavy atom. The van der Waals surface area contributed by atoms with Gasteiger partial charge in [-0.25, -0.2) is 4.98 Å². The number of nitrogens with zero attached hydrogens (tertiary/aromatic N) is 1. The minimum atomic E-state index is -0.583. The Kier molecular flexibility index (Phi) is 5.27. The summed E-state index contributed by atoms with van der Waals surface area (Å²) in [5.41, 5.74) is 1.62. The molecule has 1 atom stereocenters. The van der Waals surface area contributed by atoms with E-state index in [1.807, 2.05) is 20.9 Å². The van der Waals surface area contributed by atoms with Crippen LogP contribution in [0.15, 0.2) is 17.2 Å². The summed E-state index contributed by atoms with van der Waals surface area (Å²) < 4.78 is 5.30. The lowest BCUT2D eigenvalue weighted by molar-refractivity contribution is -0.150. The van der Waals surface area contributed by atoms with Crippen LogP contribution in [0.25, 0.3) is 0 Å². The smallest absolute Gasteiger partial charge is 0.327 e. The standard InChI is InChI=1S/C16H24N2O2S/c1-5-20-15(19)16(17-4,13-6-7-13)10-21-14-9-11(2)8-12(3)18-14/h8-9,13,17H,5-7,10H2,1-4H3. The highest BCUT2D eigenvalue weighted by atomic mass is 32.2. The number of aryl methyl sites for hydroxylation is 2. The van der Waals surface area contributed by atoms with Gasteiger partial charge in [0.1, 0.15) is 5.54 Å². The molecule has 2 rings (SSSR count). The van der Waals surface area contributed by atoms with Gasteiger partial charge in [0.15, 0.2) is 0 Å². The number of hydrogen-bond acceptors (Lipinski definition) is 5. The fourth-order valence-corrected chi connectivity index (χ4v) is 3.98. The van der Waals surface area contributed by atoms with E-state index in [0.29, 0.717) is 18.3 Å². The molecule has 116 valence electrons. The van der Waals surface area contributed by atoms with Crippen molar-refractivity contribution in [3.63, 3.8) is 0 Å². The molecule has 0 amide bonds. The highest BCUT2D eigenvalue weighted by molar-refractivity contribution is 7.99. The molecular formula is C16H24N2O2S. The Morgan fingerprint density at radius 3 is 2.71 bits per heavy atom. The number of likely N-dealkylation sites (N-methyl/N-ethyl adjacent to an activating group) is 1. The van der Waals surface area contributed by atoms with E-state index in [1.165, 1.54) is 5.56 Å². The molecule has 1 aliphatic carbocycles. The van der Waals surface area contributed by atoms with Crippen LogP contribution in [0.3, 0.4) is 0 Å². The molecule has 1 heterocycles. The molecule has 1 N–H and O–H groups in total. The van der Waals surface area contributed by atoms with E-state index in [0.717, 1.165) is 23.6 Å². The lowest BCUT2D eigenvalue weighted by Gasteiger charge is -2.30. The number of hydrogen-bond donors (Lipinski definition) is 1. The van der Waals surface area contributed by atoms with Crippen LogP contribution in [0.1, 0.15) is 31.0 Å². The molecule has 21 heavy (non-hydrogen) atoms. The molecular weight excluding hydrogens is 284 g/mol. The Hall–Kier alpha value is -1.07. The van der Waals surface area contributed by atoms with Gasteiger partial charge in [-0.05, 0) is 64.3 Å². The van der Waals surface area contributed by atoms with E-state index in [9.17, 15) is 4.79 Å². The Morgan fingerprint density at radius 1 is 1.48 bits per heavy atom. The number of pyridine rings is 1. The minimum absolute atomic E-state index is 0.133. The normalized spacial score (nSPS) is 17.3. The van der Waals surface area contributed by atoms with Gasteiger partial charge >= 0.3 is 5.97 Å². The number of thioether (sulfide) groups is 1. The molecule has 0 spiro atoms. The van der Waals surface area contributed by atoms with Crippen LogP contribution in [-0.4, -0.2) is 35.9 Å². The molecule has 1 aromatic rings. The monoisotopic (exact) mass is 308 g/mol. The average Bonchev–Trinajstić information content (AvgIpc) is 3.24. The van der Waals surface area contributed by atoms with Crippen molar-refractivity contribution in [3.05, 3.63) is 23.4 Å². The first-order valence-corrected chi connectivity index (χ1v) is 8.44. The fourth-order valence-electron chi connectivity index (χ4n) is 2.62. The third kappa shape index (κ3) is 3.77. The second-order valence-electron chi connectivity index (χ2n) is 5.63. The van der Waals surface area contributed by atoms with Gasteiger partial charge in [0.05, 0.1) is 11.6 Å². The third-order valence-corrected chi connectivity index (χ3v) is 4.99. The first kappa shape index (κ1) is 16.3. The predicted octanol–water partition coefficient (Wildman–Crippen LogP) is 2.72. The minimum Gasteiger partial charge on any atom is -0.465 e. The second-order valence-corrected chi connectivity index (χ2v) is 6.62. The number of aromatic nitrogens is 1. The summed E-state index contributed by atoms with van der Waals surface area (Å²) in [6.45, 7) is 6.33. The number of ether oxygens (including phenoxy) is 1. The number of rotatable bonds is 7. The lowest BCUT2D eigenvalue weighted by Crippen LogP contribution is -2.55. The molecule has 1 unspecified atom stereocenters. The highest BCUT2D eigenvalue weighted by Gasteiger charge is 2.51. The molecule has 1 saturated carbocycles. The summed E-state index contributed by atoms with van der Waals surface area (Å²) in [7, 11) is 1.85. The maximum absolute atomic E-state index is 12.4. The average molecular weight is 308 g/mol. The summed E-state index contributed by atoms with van der Waals surface area (Å²) in [6.07, 6.45) is 2.17. The van der Waals surface area contributed by atoms with Gasteiger partial charge in [-0.3, -0.25) is 4.79 Å². The molecule has 0 bridgehead atoms. The Bertz CT molecular complexity index is 497. The molecule has 4 nitrogen and oxygen atoms in total.